The summed E-state index contributed by atoms with van der Waals surface area (Å²) in [5.74, 6) is -0.0268. The van der Waals surface area contributed by atoms with Gasteiger partial charge in [-0.15, -0.1) is 0 Å². The molecule has 0 unspecified atom stereocenters. The number of urea groups is 1. The van der Waals surface area contributed by atoms with E-state index in [1.54, 1.807) is 6.20 Å². The molecule has 8 nitrogen and oxygen atoms in total. The van der Waals surface area contributed by atoms with E-state index in [9.17, 15) is 14.4 Å². The number of hydrogen-bond acceptors (Lipinski definition) is 6. The van der Waals surface area contributed by atoms with Gasteiger partial charge in [-0.2, -0.15) is 0 Å². The van der Waals surface area contributed by atoms with E-state index in [0.717, 1.165) is 16.0 Å². The minimum atomic E-state index is -1.02. The van der Waals surface area contributed by atoms with Crippen LogP contribution in [0.15, 0.2) is 28.8 Å². The first kappa shape index (κ1) is 19.6. The zero-order chi connectivity index (χ0) is 20.3. The molecule has 1 atom stereocenters. The summed E-state index contributed by atoms with van der Waals surface area (Å²) >= 11 is 0. The lowest BCUT2D eigenvalue weighted by Crippen LogP contribution is -2.41. The molecule has 1 aliphatic rings. The molecule has 0 saturated carbocycles. The molecule has 1 aromatic carbocycles. The second-order valence-electron chi connectivity index (χ2n) is 6.77. The fourth-order valence-corrected chi connectivity index (χ4v) is 2.87. The topological polar surface area (TPSA) is 102 Å². The summed E-state index contributed by atoms with van der Waals surface area (Å²) < 4.78 is 10.9. The molecule has 0 radical (unpaired) electrons. The van der Waals surface area contributed by atoms with Gasteiger partial charge in [-0.05, 0) is 38.0 Å². The van der Waals surface area contributed by atoms with Crippen LogP contribution in [-0.2, 0) is 20.7 Å². The Kier molecular flexibility index (Phi) is 5.77. The number of aromatic nitrogens is 1. The van der Waals surface area contributed by atoms with Crippen molar-refractivity contribution >= 4 is 17.9 Å². The summed E-state index contributed by atoms with van der Waals surface area (Å²) in [5, 5.41) is 2.53. The van der Waals surface area contributed by atoms with Crippen LogP contribution in [0.5, 0.6) is 0 Å². The quantitative estimate of drug-likeness (QED) is 0.766. The van der Waals surface area contributed by atoms with Gasteiger partial charge < -0.3 is 14.5 Å². The number of aryl methyl sites for hydroxylation is 3. The minimum absolute atomic E-state index is 0.0245. The van der Waals surface area contributed by atoms with Gasteiger partial charge in [-0.25, -0.2) is 9.78 Å². The molecule has 1 fully saturated rings. The van der Waals surface area contributed by atoms with E-state index in [1.807, 2.05) is 32.0 Å². The van der Waals surface area contributed by atoms with Crippen LogP contribution >= 0.6 is 0 Å². The van der Waals surface area contributed by atoms with E-state index in [4.69, 9.17) is 9.15 Å². The SMILES string of the molecule is Cc1ccc(-c2cnc(CCC(=O)O[C@@H](C)C(=O)N3CCNC3=O)o2)cc1C. The number of nitrogens with zero attached hydrogens (tertiary/aromatic N) is 2. The molecule has 8 heteroatoms. The lowest BCUT2D eigenvalue weighted by atomic mass is 10.1. The average molecular weight is 385 g/mol. The number of carbonyl (C=O) groups excluding carboxylic acids is 3. The van der Waals surface area contributed by atoms with Gasteiger partial charge in [0.15, 0.2) is 17.8 Å². The number of imide groups is 1. The van der Waals surface area contributed by atoms with Crippen LogP contribution in [0.25, 0.3) is 11.3 Å². The molecule has 0 bridgehead atoms. The molecule has 28 heavy (non-hydrogen) atoms. The van der Waals surface area contributed by atoms with Crippen LogP contribution in [0.3, 0.4) is 0 Å². The molecule has 148 valence electrons. The van der Waals surface area contributed by atoms with Crippen molar-refractivity contribution in [2.45, 2.75) is 39.7 Å². The van der Waals surface area contributed by atoms with Crippen molar-refractivity contribution in [3.63, 3.8) is 0 Å². The second-order valence-corrected chi connectivity index (χ2v) is 6.77. The van der Waals surface area contributed by atoms with Crippen molar-refractivity contribution in [1.29, 1.82) is 0 Å². The number of hydrogen-bond donors (Lipinski definition) is 1. The zero-order valence-corrected chi connectivity index (χ0v) is 16.2. The first-order valence-corrected chi connectivity index (χ1v) is 9.16. The maximum atomic E-state index is 12.1. The van der Waals surface area contributed by atoms with Crippen LogP contribution in [0, 0.1) is 13.8 Å². The van der Waals surface area contributed by atoms with Crippen molar-refractivity contribution in [2.75, 3.05) is 13.1 Å². The minimum Gasteiger partial charge on any atom is -0.453 e. The smallest absolute Gasteiger partial charge is 0.324 e. The average Bonchev–Trinajstić information content (AvgIpc) is 3.30. The third-order valence-corrected chi connectivity index (χ3v) is 4.67. The number of nitrogens with one attached hydrogen (secondary N) is 1. The molecular weight excluding hydrogens is 362 g/mol. The van der Waals surface area contributed by atoms with E-state index in [0.29, 0.717) is 18.2 Å². The summed E-state index contributed by atoms with van der Waals surface area (Å²) in [4.78, 5) is 40.9. The molecule has 2 aromatic rings. The summed E-state index contributed by atoms with van der Waals surface area (Å²) in [5.41, 5.74) is 3.28. The molecular formula is C20H23N3O5. The van der Waals surface area contributed by atoms with Crippen LogP contribution in [-0.4, -0.2) is 47.0 Å². The molecule has 0 aliphatic carbocycles. The third kappa shape index (κ3) is 4.39. The van der Waals surface area contributed by atoms with Gasteiger partial charge in [0, 0.05) is 25.1 Å². The Morgan fingerprint density at radius 1 is 1.32 bits per heavy atom. The fourth-order valence-electron chi connectivity index (χ4n) is 2.87. The highest BCUT2D eigenvalue weighted by atomic mass is 16.5. The van der Waals surface area contributed by atoms with Crippen molar-refractivity contribution in [3.8, 4) is 11.3 Å². The third-order valence-electron chi connectivity index (χ3n) is 4.67. The maximum absolute atomic E-state index is 12.1. The fraction of sp³-hybridized carbons (Fsp3) is 0.400. The number of oxazole rings is 1. The Bertz CT molecular complexity index is 905. The molecule has 0 spiro atoms. The van der Waals surface area contributed by atoms with Gasteiger partial charge in [0.2, 0.25) is 0 Å². The predicted octanol–water partition coefficient (Wildman–Crippen LogP) is 2.37. The molecule has 3 amide bonds. The lowest BCUT2D eigenvalue weighted by Gasteiger charge is -2.17. The van der Waals surface area contributed by atoms with Gasteiger partial charge in [-0.3, -0.25) is 14.5 Å². The van der Waals surface area contributed by atoms with Gasteiger partial charge in [0.05, 0.1) is 12.6 Å². The Labute approximate surface area is 162 Å². The summed E-state index contributed by atoms with van der Waals surface area (Å²) in [6, 6.07) is 5.54. The highest BCUT2D eigenvalue weighted by Crippen LogP contribution is 2.23. The highest BCUT2D eigenvalue weighted by Gasteiger charge is 2.31. The Morgan fingerprint density at radius 2 is 2.11 bits per heavy atom. The molecule has 3 rings (SSSR count). The Balaban J connectivity index is 1.52. The molecule has 1 aliphatic heterocycles. The number of amides is 3. The van der Waals surface area contributed by atoms with Gasteiger partial charge in [0.1, 0.15) is 0 Å². The van der Waals surface area contributed by atoms with E-state index < -0.39 is 24.0 Å². The predicted molar refractivity (Wildman–Crippen MR) is 100 cm³/mol. The highest BCUT2D eigenvalue weighted by molar-refractivity contribution is 5.98. The Morgan fingerprint density at radius 3 is 2.79 bits per heavy atom. The van der Waals surface area contributed by atoms with E-state index >= 15 is 0 Å². The van der Waals surface area contributed by atoms with Crippen molar-refractivity contribution < 1.29 is 23.5 Å². The van der Waals surface area contributed by atoms with E-state index in [-0.39, 0.29) is 19.4 Å². The van der Waals surface area contributed by atoms with Gasteiger partial charge in [0.25, 0.3) is 5.91 Å². The number of esters is 1. The number of ether oxygens (including phenoxy) is 1. The first-order chi connectivity index (χ1) is 13.3. The molecule has 1 saturated heterocycles. The largest absolute Gasteiger partial charge is 0.453 e. The second kappa shape index (κ2) is 8.24. The molecule has 1 N–H and O–H groups in total. The van der Waals surface area contributed by atoms with Crippen molar-refractivity contribution in [3.05, 3.63) is 41.4 Å². The molecule has 1 aromatic heterocycles. The van der Waals surface area contributed by atoms with Crippen molar-refractivity contribution in [2.24, 2.45) is 0 Å². The van der Waals surface area contributed by atoms with Gasteiger partial charge >= 0.3 is 12.0 Å². The summed E-state index contributed by atoms with van der Waals surface area (Å²) in [6.07, 6.45) is 0.890. The van der Waals surface area contributed by atoms with Crippen LogP contribution < -0.4 is 5.32 Å². The van der Waals surface area contributed by atoms with Crippen LogP contribution in [0.2, 0.25) is 0 Å². The normalized spacial score (nSPS) is 14.7. The lowest BCUT2D eigenvalue weighted by molar-refractivity contribution is -0.157. The van der Waals surface area contributed by atoms with Gasteiger partial charge in [-0.1, -0.05) is 12.1 Å². The number of benzene rings is 1. The van der Waals surface area contributed by atoms with Crippen LogP contribution in [0.1, 0.15) is 30.4 Å². The summed E-state index contributed by atoms with van der Waals surface area (Å²) in [7, 11) is 0. The number of carbonyl (C=O) groups is 3. The van der Waals surface area contributed by atoms with Crippen LogP contribution in [0.4, 0.5) is 4.79 Å². The standard InChI is InChI=1S/C20H23N3O5/c1-12-4-5-15(10-13(12)2)16-11-22-17(28-16)6-7-18(24)27-14(3)19(25)23-9-8-21-20(23)26/h4-5,10-11,14H,6-9H2,1-3H3,(H,21,26)/t14-/m0/s1. The zero-order valence-electron chi connectivity index (χ0n) is 16.2. The summed E-state index contributed by atoms with van der Waals surface area (Å²) in [6.45, 7) is 6.20. The van der Waals surface area contributed by atoms with Crippen molar-refractivity contribution in [1.82, 2.24) is 15.2 Å². The number of rotatable bonds is 6. The molecule has 2 heterocycles. The monoisotopic (exact) mass is 385 g/mol. The Hall–Kier alpha value is -3.16. The first-order valence-electron chi connectivity index (χ1n) is 9.16. The van der Waals surface area contributed by atoms with E-state index in [2.05, 4.69) is 10.3 Å². The van der Waals surface area contributed by atoms with E-state index in [1.165, 1.54) is 12.5 Å². The maximum Gasteiger partial charge on any atom is 0.324 e.